The minimum absolute atomic E-state index is 0. The molecule has 1 heterocycles. The first-order chi connectivity index (χ1) is 3.39. The highest BCUT2D eigenvalue weighted by molar-refractivity contribution is 5.77. The van der Waals surface area contributed by atoms with E-state index in [4.69, 9.17) is 0 Å². The van der Waals surface area contributed by atoms with Crippen LogP contribution in [0.25, 0.3) is 0 Å². The highest BCUT2D eigenvalue weighted by atomic mass is 16.1. The fourth-order valence-electron chi connectivity index (χ4n) is 0.522. The Hall–Kier alpha value is -0.830. The third kappa shape index (κ3) is 1.75. The van der Waals surface area contributed by atoms with Crippen molar-refractivity contribution in [3.63, 3.8) is 0 Å². The standard InChI is InChI=1S/C5H7NO.H3N/c7-5-3-1-2-4-6-5;/h2,4H,1,3H2,(H,6,7);1H3. The molecule has 1 aliphatic heterocycles. The molecule has 1 amide bonds. The van der Waals surface area contributed by atoms with Gasteiger partial charge in [-0.05, 0) is 12.6 Å². The number of allylic oxidation sites excluding steroid dienone is 1. The van der Waals surface area contributed by atoms with Gasteiger partial charge in [0.25, 0.3) is 0 Å². The van der Waals surface area contributed by atoms with Gasteiger partial charge in [0.2, 0.25) is 5.91 Å². The zero-order valence-corrected chi connectivity index (χ0v) is 4.68. The number of hydrogen-bond acceptors (Lipinski definition) is 2. The van der Waals surface area contributed by atoms with E-state index in [0.29, 0.717) is 6.42 Å². The van der Waals surface area contributed by atoms with Gasteiger partial charge in [0, 0.05) is 6.42 Å². The molecule has 46 valence electrons. The molecule has 0 bridgehead atoms. The Balaban J connectivity index is 0.000000490. The summed E-state index contributed by atoms with van der Waals surface area (Å²) in [5.41, 5.74) is 0. The predicted molar refractivity (Wildman–Crippen MR) is 31.5 cm³/mol. The van der Waals surface area contributed by atoms with Gasteiger partial charge in [-0.1, -0.05) is 6.08 Å². The molecule has 0 saturated carbocycles. The first kappa shape index (κ1) is 7.17. The molecule has 1 aliphatic rings. The van der Waals surface area contributed by atoms with E-state index >= 15 is 0 Å². The van der Waals surface area contributed by atoms with Crippen LogP contribution < -0.4 is 11.5 Å². The van der Waals surface area contributed by atoms with E-state index in [2.05, 4.69) is 5.32 Å². The lowest BCUT2D eigenvalue weighted by Crippen LogP contribution is -2.18. The topological polar surface area (TPSA) is 64.1 Å². The molecule has 0 aromatic heterocycles. The molecule has 1 rings (SSSR count). The Kier molecular flexibility index (Phi) is 2.88. The lowest BCUT2D eigenvalue weighted by atomic mass is 10.2. The van der Waals surface area contributed by atoms with Crippen molar-refractivity contribution >= 4 is 5.91 Å². The molecule has 0 radical (unpaired) electrons. The molecule has 4 N–H and O–H groups in total. The fourth-order valence-corrected chi connectivity index (χ4v) is 0.522. The van der Waals surface area contributed by atoms with E-state index in [1.807, 2.05) is 6.08 Å². The number of carbonyl (C=O) groups is 1. The van der Waals surface area contributed by atoms with Gasteiger partial charge in [0.1, 0.15) is 0 Å². The molecule has 0 fully saturated rings. The maximum Gasteiger partial charge on any atom is 0.224 e. The summed E-state index contributed by atoms with van der Waals surface area (Å²) in [6, 6.07) is 0. The molecular formula is C5H10N2O. The lowest BCUT2D eigenvalue weighted by Gasteiger charge is -2.00. The summed E-state index contributed by atoms with van der Waals surface area (Å²) in [6.45, 7) is 0. The predicted octanol–water partition coefficient (Wildman–Crippen LogP) is 0.572. The van der Waals surface area contributed by atoms with Crippen LogP contribution in [0.1, 0.15) is 12.8 Å². The highest BCUT2D eigenvalue weighted by Crippen LogP contribution is 1.94. The van der Waals surface area contributed by atoms with E-state index < -0.39 is 0 Å². The van der Waals surface area contributed by atoms with Crippen molar-refractivity contribution in [3.8, 4) is 0 Å². The van der Waals surface area contributed by atoms with Crippen molar-refractivity contribution in [2.75, 3.05) is 0 Å². The summed E-state index contributed by atoms with van der Waals surface area (Å²) in [7, 11) is 0. The first-order valence-electron chi connectivity index (χ1n) is 2.34. The number of carbonyl (C=O) groups excluding carboxylic acids is 1. The van der Waals surface area contributed by atoms with Crippen LogP contribution in [0.5, 0.6) is 0 Å². The molecule has 3 heteroatoms. The summed E-state index contributed by atoms with van der Waals surface area (Å²) >= 11 is 0. The first-order valence-corrected chi connectivity index (χ1v) is 2.34. The fraction of sp³-hybridized carbons (Fsp3) is 0.400. The molecule has 0 atom stereocenters. The molecule has 0 aromatic carbocycles. The summed E-state index contributed by atoms with van der Waals surface area (Å²) in [5, 5.41) is 2.56. The van der Waals surface area contributed by atoms with Crippen LogP contribution in [-0.2, 0) is 4.79 Å². The van der Waals surface area contributed by atoms with Crippen molar-refractivity contribution in [1.29, 1.82) is 0 Å². The third-order valence-electron chi connectivity index (χ3n) is 0.900. The number of hydrogen-bond donors (Lipinski definition) is 2. The van der Waals surface area contributed by atoms with Crippen LogP contribution in [0.15, 0.2) is 12.3 Å². The van der Waals surface area contributed by atoms with Crippen LogP contribution in [0.3, 0.4) is 0 Å². The van der Waals surface area contributed by atoms with Crippen LogP contribution in [-0.4, -0.2) is 5.91 Å². The average molecular weight is 114 g/mol. The van der Waals surface area contributed by atoms with Crippen molar-refractivity contribution < 1.29 is 4.79 Å². The van der Waals surface area contributed by atoms with Gasteiger partial charge in [-0.25, -0.2) is 0 Å². The normalized spacial score (nSPS) is 16.8. The van der Waals surface area contributed by atoms with Gasteiger partial charge in [-0.3, -0.25) is 4.79 Å². The van der Waals surface area contributed by atoms with Crippen molar-refractivity contribution in [3.05, 3.63) is 12.3 Å². The summed E-state index contributed by atoms with van der Waals surface area (Å²) in [4.78, 5) is 10.3. The average Bonchev–Trinajstić information content (AvgIpc) is 1.69. The van der Waals surface area contributed by atoms with E-state index in [1.165, 1.54) is 0 Å². The van der Waals surface area contributed by atoms with Crippen LogP contribution in [0.2, 0.25) is 0 Å². The second-order valence-corrected chi connectivity index (χ2v) is 1.51. The summed E-state index contributed by atoms with van der Waals surface area (Å²) in [5.74, 6) is 0.127. The van der Waals surface area contributed by atoms with Gasteiger partial charge in [0.15, 0.2) is 0 Å². The molecular weight excluding hydrogens is 104 g/mol. The molecule has 0 unspecified atom stereocenters. The number of amides is 1. The number of nitrogens with one attached hydrogen (secondary N) is 1. The minimum atomic E-state index is 0. The highest BCUT2D eigenvalue weighted by Gasteiger charge is 1.98. The SMILES string of the molecule is N.O=C1CCC=CN1. The Morgan fingerprint density at radius 3 is 2.62 bits per heavy atom. The van der Waals surface area contributed by atoms with Gasteiger partial charge < -0.3 is 11.5 Å². The minimum Gasteiger partial charge on any atom is -0.344 e. The number of rotatable bonds is 0. The quantitative estimate of drug-likeness (QED) is 0.483. The zero-order valence-electron chi connectivity index (χ0n) is 4.68. The molecule has 8 heavy (non-hydrogen) atoms. The smallest absolute Gasteiger partial charge is 0.224 e. The van der Waals surface area contributed by atoms with Gasteiger partial charge in [-0.2, -0.15) is 0 Å². The van der Waals surface area contributed by atoms with Crippen molar-refractivity contribution in [2.24, 2.45) is 0 Å². The molecule has 0 aromatic rings. The largest absolute Gasteiger partial charge is 0.344 e. The molecule has 0 saturated heterocycles. The van der Waals surface area contributed by atoms with E-state index in [1.54, 1.807) is 6.20 Å². The molecule has 0 aliphatic carbocycles. The van der Waals surface area contributed by atoms with E-state index in [9.17, 15) is 4.79 Å². The van der Waals surface area contributed by atoms with Crippen LogP contribution in [0, 0.1) is 0 Å². The van der Waals surface area contributed by atoms with Crippen molar-refractivity contribution in [2.45, 2.75) is 12.8 Å². The Labute approximate surface area is 48.4 Å². The third-order valence-corrected chi connectivity index (χ3v) is 0.900. The lowest BCUT2D eigenvalue weighted by molar-refractivity contribution is -0.120. The maximum atomic E-state index is 10.3. The zero-order chi connectivity index (χ0) is 5.11. The Morgan fingerprint density at radius 2 is 2.38 bits per heavy atom. The van der Waals surface area contributed by atoms with Crippen molar-refractivity contribution in [1.82, 2.24) is 11.5 Å². The van der Waals surface area contributed by atoms with Gasteiger partial charge >= 0.3 is 0 Å². The molecule has 3 nitrogen and oxygen atoms in total. The maximum absolute atomic E-state index is 10.3. The van der Waals surface area contributed by atoms with Crippen LogP contribution in [0.4, 0.5) is 0 Å². The van der Waals surface area contributed by atoms with Gasteiger partial charge in [0.05, 0.1) is 0 Å². The van der Waals surface area contributed by atoms with E-state index in [-0.39, 0.29) is 12.1 Å². The van der Waals surface area contributed by atoms with Crippen LogP contribution >= 0.6 is 0 Å². The Morgan fingerprint density at radius 1 is 1.62 bits per heavy atom. The second-order valence-electron chi connectivity index (χ2n) is 1.51. The van der Waals surface area contributed by atoms with Gasteiger partial charge in [-0.15, -0.1) is 0 Å². The second kappa shape index (κ2) is 3.21. The molecule has 0 spiro atoms. The Bertz CT molecular complexity index is 109. The monoisotopic (exact) mass is 114 g/mol. The van der Waals surface area contributed by atoms with E-state index in [0.717, 1.165) is 6.42 Å². The summed E-state index contributed by atoms with van der Waals surface area (Å²) < 4.78 is 0. The summed E-state index contributed by atoms with van der Waals surface area (Å²) in [6.07, 6.45) is 5.18.